The van der Waals surface area contributed by atoms with Gasteiger partial charge in [-0.05, 0) is 47.5 Å². The van der Waals surface area contributed by atoms with Gasteiger partial charge in [-0.3, -0.25) is 9.59 Å². The standard InChI is InChI=1S/C25H30N2O4/c1-5-23(28)26-15-17-30-21-11-7-19(8-12-21)25(3,4)20-9-13-22(14-10-20)31-18-16-27-24(29)6-2/h5-14H,1-2,15-18H2,3-4H3,(H,26,28)(H,27,29). The van der Waals surface area contributed by atoms with Crippen LogP contribution in [0.1, 0.15) is 25.0 Å². The molecule has 0 atom stereocenters. The molecule has 2 aromatic rings. The molecule has 6 nitrogen and oxygen atoms in total. The van der Waals surface area contributed by atoms with E-state index < -0.39 is 0 Å². The van der Waals surface area contributed by atoms with Crippen LogP contribution in [0, 0.1) is 0 Å². The molecule has 0 fully saturated rings. The Balaban J connectivity index is 1.90. The van der Waals surface area contributed by atoms with Crippen LogP contribution in [0.3, 0.4) is 0 Å². The summed E-state index contributed by atoms with van der Waals surface area (Å²) in [4.78, 5) is 22.2. The molecule has 0 aromatic heterocycles. The molecular weight excluding hydrogens is 392 g/mol. The van der Waals surface area contributed by atoms with Crippen molar-refractivity contribution in [3.05, 3.63) is 85.0 Å². The molecule has 0 saturated heterocycles. The third-order valence-electron chi connectivity index (χ3n) is 4.86. The van der Waals surface area contributed by atoms with Crippen molar-refractivity contribution in [1.82, 2.24) is 10.6 Å². The van der Waals surface area contributed by atoms with Crippen molar-refractivity contribution in [3.63, 3.8) is 0 Å². The van der Waals surface area contributed by atoms with Crippen molar-refractivity contribution < 1.29 is 19.1 Å². The fourth-order valence-electron chi connectivity index (χ4n) is 2.93. The minimum atomic E-state index is -0.212. The van der Waals surface area contributed by atoms with Crippen LogP contribution in [-0.4, -0.2) is 38.1 Å². The van der Waals surface area contributed by atoms with E-state index in [2.05, 4.69) is 37.6 Å². The summed E-state index contributed by atoms with van der Waals surface area (Å²) in [5.41, 5.74) is 2.11. The number of benzene rings is 2. The van der Waals surface area contributed by atoms with E-state index in [0.29, 0.717) is 26.3 Å². The molecule has 0 saturated carbocycles. The van der Waals surface area contributed by atoms with Crippen molar-refractivity contribution >= 4 is 11.8 Å². The van der Waals surface area contributed by atoms with E-state index in [1.165, 1.54) is 12.2 Å². The van der Waals surface area contributed by atoms with Gasteiger partial charge >= 0.3 is 0 Å². The van der Waals surface area contributed by atoms with Crippen LogP contribution < -0.4 is 20.1 Å². The zero-order chi connectivity index (χ0) is 22.7. The molecule has 2 rings (SSSR count). The van der Waals surface area contributed by atoms with E-state index in [1.807, 2.05) is 48.5 Å². The van der Waals surface area contributed by atoms with Gasteiger partial charge in [0.25, 0.3) is 0 Å². The molecular formula is C25H30N2O4. The molecule has 2 N–H and O–H groups in total. The third-order valence-corrected chi connectivity index (χ3v) is 4.86. The molecule has 31 heavy (non-hydrogen) atoms. The molecule has 0 aliphatic carbocycles. The first-order valence-electron chi connectivity index (χ1n) is 10.1. The summed E-state index contributed by atoms with van der Waals surface area (Å²) in [6.07, 6.45) is 2.47. The fourth-order valence-corrected chi connectivity index (χ4v) is 2.93. The normalized spacial score (nSPS) is 10.6. The van der Waals surface area contributed by atoms with Gasteiger partial charge in [0.2, 0.25) is 11.8 Å². The number of rotatable bonds is 12. The van der Waals surface area contributed by atoms with Gasteiger partial charge in [-0.15, -0.1) is 0 Å². The van der Waals surface area contributed by atoms with Gasteiger partial charge in [-0.25, -0.2) is 0 Å². The number of ether oxygens (including phenoxy) is 2. The van der Waals surface area contributed by atoms with Crippen molar-refractivity contribution in [3.8, 4) is 11.5 Å². The van der Waals surface area contributed by atoms with E-state index in [-0.39, 0.29) is 17.2 Å². The van der Waals surface area contributed by atoms with Gasteiger partial charge in [0.1, 0.15) is 24.7 Å². The number of hydrogen-bond acceptors (Lipinski definition) is 4. The van der Waals surface area contributed by atoms with E-state index >= 15 is 0 Å². The Kier molecular flexibility index (Phi) is 8.88. The maximum Gasteiger partial charge on any atom is 0.243 e. The highest BCUT2D eigenvalue weighted by atomic mass is 16.5. The van der Waals surface area contributed by atoms with Crippen LogP contribution in [-0.2, 0) is 15.0 Å². The molecule has 2 amide bonds. The van der Waals surface area contributed by atoms with E-state index in [0.717, 1.165) is 22.6 Å². The molecule has 0 aliphatic heterocycles. The molecule has 2 aromatic carbocycles. The topological polar surface area (TPSA) is 76.7 Å². The Hall–Kier alpha value is -3.54. The first-order chi connectivity index (χ1) is 14.9. The van der Waals surface area contributed by atoms with Crippen molar-refractivity contribution in [1.29, 1.82) is 0 Å². The Morgan fingerprint density at radius 2 is 1.13 bits per heavy atom. The summed E-state index contributed by atoms with van der Waals surface area (Å²) < 4.78 is 11.3. The smallest absolute Gasteiger partial charge is 0.243 e. The SMILES string of the molecule is C=CC(=O)NCCOc1ccc(C(C)(C)c2ccc(OCCNC(=O)C=C)cc2)cc1. The van der Waals surface area contributed by atoms with E-state index in [9.17, 15) is 9.59 Å². The van der Waals surface area contributed by atoms with Crippen LogP contribution >= 0.6 is 0 Å². The summed E-state index contributed by atoms with van der Waals surface area (Å²) in [7, 11) is 0. The molecule has 0 bridgehead atoms. The lowest BCUT2D eigenvalue weighted by molar-refractivity contribution is -0.117. The lowest BCUT2D eigenvalue weighted by Gasteiger charge is -2.26. The summed E-state index contributed by atoms with van der Waals surface area (Å²) >= 11 is 0. The van der Waals surface area contributed by atoms with Crippen LogP contribution in [0.25, 0.3) is 0 Å². The lowest BCUT2D eigenvalue weighted by atomic mass is 9.78. The van der Waals surface area contributed by atoms with Gasteiger partial charge in [0.05, 0.1) is 13.1 Å². The molecule has 0 spiro atoms. The molecule has 0 radical (unpaired) electrons. The molecule has 164 valence electrons. The fraction of sp³-hybridized carbons (Fsp3) is 0.280. The average molecular weight is 423 g/mol. The maximum absolute atomic E-state index is 11.1. The van der Waals surface area contributed by atoms with Crippen LogP contribution in [0.4, 0.5) is 0 Å². The van der Waals surface area contributed by atoms with E-state index in [1.54, 1.807) is 0 Å². The quantitative estimate of drug-likeness (QED) is 0.406. The lowest BCUT2D eigenvalue weighted by Crippen LogP contribution is -2.26. The van der Waals surface area contributed by atoms with Gasteiger partial charge in [-0.2, -0.15) is 0 Å². The van der Waals surface area contributed by atoms with Gasteiger partial charge in [0, 0.05) is 5.41 Å². The summed E-state index contributed by atoms with van der Waals surface area (Å²) in [6.45, 7) is 12.8. The minimum Gasteiger partial charge on any atom is -0.492 e. The van der Waals surface area contributed by atoms with Crippen LogP contribution in [0.2, 0.25) is 0 Å². The highest BCUT2D eigenvalue weighted by molar-refractivity contribution is 5.87. The Morgan fingerprint density at radius 1 is 0.774 bits per heavy atom. The molecule has 0 aliphatic rings. The first-order valence-corrected chi connectivity index (χ1v) is 10.1. The second-order valence-electron chi connectivity index (χ2n) is 7.36. The van der Waals surface area contributed by atoms with Crippen LogP contribution in [0.5, 0.6) is 11.5 Å². The summed E-state index contributed by atoms with van der Waals surface area (Å²) in [5, 5.41) is 5.35. The number of amides is 2. The molecule has 0 unspecified atom stereocenters. The summed E-state index contributed by atoms with van der Waals surface area (Å²) in [6, 6.07) is 15.9. The number of hydrogen-bond donors (Lipinski definition) is 2. The molecule has 0 heterocycles. The maximum atomic E-state index is 11.1. The number of carbonyl (C=O) groups excluding carboxylic acids is 2. The Labute approximate surface area is 184 Å². The number of carbonyl (C=O) groups is 2. The predicted octanol–water partition coefficient (Wildman–Crippen LogP) is 3.37. The summed E-state index contributed by atoms with van der Waals surface area (Å²) in [5.74, 6) is 1.08. The molecule has 6 heteroatoms. The number of nitrogens with one attached hydrogen (secondary N) is 2. The Bertz CT molecular complexity index is 813. The third kappa shape index (κ3) is 7.33. The van der Waals surface area contributed by atoms with Gasteiger partial charge in [-0.1, -0.05) is 51.3 Å². The second-order valence-corrected chi connectivity index (χ2v) is 7.36. The highest BCUT2D eigenvalue weighted by Crippen LogP contribution is 2.33. The predicted molar refractivity (Wildman–Crippen MR) is 122 cm³/mol. The van der Waals surface area contributed by atoms with Crippen molar-refractivity contribution in [2.24, 2.45) is 0 Å². The monoisotopic (exact) mass is 422 g/mol. The average Bonchev–Trinajstić information content (AvgIpc) is 2.79. The highest BCUT2D eigenvalue weighted by Gasteiger charge is 2.23. The second kappa shape index (κ2) is 11.6. The van der Waals surface area contributed by atoms with Gasteiger partial charge in [0.15, 0.2) is 0 Å². The largest absolute Gasteiger partial charge is 0.492 e. The van der Waals surface area contributed by atoms with Gasteiger partial charge < -0.3 is 20.1 Å². The zero-order valence-electron chi connectivity index (χ0n) is 18.1. The minimum absolute atomic E-state index is 0.201. The van der Waals surface area contributed by atoms with Crippen LogP contribution in [0.15, 0.2) is 73.8 Å². The van der Waals surface area contributed by atoms with Crippen molar-refractivity contribution in [2.75, 3.05) is 26.3 Å². The van der Waals surface area contributed by atoms with E-state index in [4.69, 9.17) is 9.47 Å². The van der Waals surface area contributed by atoms with Crippen molar-refractivity contribution in [2.45, 2.75) is 19.3 Å². The first kappa shape index (κ1) is 23.7. The Morgan fingerprint density at radius 3 is 1.45 bits per heavy atom. The zero-order valence-corrected chi connectivity index (χ0v) is 18.1.